The van der Waals surface area contributed by atoms with Crippen LogP contribution in [0.4, 0.5) is 19.0 Å². The van der Waals surface area contributed by atoms with Crippen molar-refractivity contribution >= 4 is 29.2 Å². The fourth-order valence-electron chi connectivity index (χ4n) is 3.25. The molecule has 2 amide bonds. The van der Waals surface area contributed by atoms with Gasteiger partial charge in [0.1, 0.15) is 17.3 Å². The van der Waals surface area contributed by atoms with Gasteiger partial charge >= 0.3 is 6.18 Å². The minimum Gasteiger partial charge on any atom is -0.496 e. The number of carbonyl (C=O) groups is 2. The monoisotopic (exact) mass is 441 g/mol. The van der Waals surface area contributed by atoms with Crippen molar-refractivity contribution in [1.82, 2.24) is 9.88 Å². The van der Waals surface area contributed by atoms with E-state index in [2.05, 4.69) is 10.3 Å². The quantitative estimate of drug-likeness (QED) is 0.769. The van der Waals surface area contributed by atoms with Gasteiger partial charge in [-0.25, -0.2) is 4.98 Å². The second-order valence-corrected chi connectivity index (χ2v) is 7.24. The Kier molecular flexibility index (Phi) is 6.50. The van der Waals surface area contributed by atoms with E-state index in [0.717, 1.165) is 6.07 Å². The van der Waals surface area contributed by atoms with Crippen LogP contribution in [0.5, 0.6) is 5.75 Å². The molecule has 0 bridgehead atoms. The summed E-state index contributed by atoms with van der Waals surface area (Å²) in [4.78, 5) is 30.3. The van der Waals surface area contributed by atoms with Crippen LogP contribution in [0.3, 0.4) is 0 Å². The van der Waals surface area contributed by atoms with Crippen molar-refractivity contribution in [1.29, 1.82) is 0 Å². The van der Waals surface area contributed by atoms with Crippen LogP contribution in [0.25, 0.3) is 0 Å². The highest BCUT2D eigenvalue weighted by molar-refractivity contribution is 6.31. The van der Waals surface area contributed by atoms with Crippen molar-refractivity contribution in [2.24, 2.45) is 5.92 Å². The maximum Gasteiger partial charge on any atom is 0.433 e. The van der Waals surface area contributed by atoms with Gasteiger partial charge in [-0.05, 0) is 43.2 Å². The summed E-state index contributed by atoms with van der Waals surface area (Å²) in [6, 6.07) is 8.08. The molecule has 1 fully saturated rings. The summed E-state index contributed by atoms with van der Waals surface area (Å²) in [5.74, 6) is -0.870. The van der Waals surface area contributed by atoms with E-state index in [0.29, 0.717) is 42.3 Å². The van der Waals surface area contributed by atoms with Crippen molar-refractivity contribution in [3.05, 3.63) is 52.7 Å². The normalized spacial score (nSPS) is 15.0. The van der Waals surface area contributed by atoms with Gasteiger partial charge in [0.25, 0.3) is 5.91 Å². The Balaban J connectivity index is 1.61. The molecule has 2 heterocycles. The number of methoxy groups -OCH3 is 1. The molecule has 0 atom stereocenters. The number of carbonyl (C=O) groups excluding carboxylic acids is 2. The zero-order chi connectivity index (χ0) is 21.9. The lowest BCUT2D eigenvalue weighted by molar-refractivity contribution is -0.141. The smallest absolute Gasteiger partial charge is 0.433 e. The molecular formula is C20H19ClF3N3O3. The molecule has 1 aliphatic rings. The van der Waals surface area contributed by atoms with E-state index in [1.54, 1.807) is 17.0 Å². The molecule has 2 aromatic rings. The van der Waals surface area contributed by atoms with Crippen molar-refractivity contribution in [2.75, 3.05) is 25.5 Å². The van der Waals surface area contributed by atoms with Gasteiger partial charge in [0.2, 0.25) is 5.91 Å². The van der Waals surface area contributed by atoms with Gasteiger partial charge in [-0.15, -0.1) is 0 Å². The molecule has 1 aliphatic heterocycles. The highest BCUT2D eigenvalue weighted by Gasteiger charge is 2.33. The molecule has 6 nitrogen and oxygen atoms in total. The largest absolute Gasteiger partial charge is 0.496 e. The summed E-state index contributed by atoms with van der Waals surface area (Å²) in [6.07, 6.45) is -3.84. The van der Waals surface area contributed by atoms with Crippen LogP contribution >= 0.6 is 11.6 Å². The number of aromatic nitrogens is 1. The summed E-state index contributed by atoms with van der Waals surface area (Å²) in [5.41, 5.74) is -0.739. The van der Waals surface area contributed by atoms with Crippen LogP contribution in [-0.4, -0.2) is 41.9 Å². The topological polar surface area (TPSA) is 71.5 Å². The Morgan fingerprint density at radius 3 is 2.53 bits per heavy atom. The van der Waals surface area contributed by atoms with E-state index >= 15 is 0 Å². The number of benzene rings is 1. The van der Waals surface area contributed by atoms with Crippen LogP contribution in [-0.2, 0) is 11.0 Å². The number of pyridine rings is 1. The fraction of sp³-hybridized carbons (Fsp3) is 0.350. The molecule has 0 spiro atoms. The molecule has 0 radical (unpaired) electrons. The Hall–Kier alpha value is -2.81. The minimum absolute atomic E-state index is 0.156. The molecule has 3 rings (SSSR count). The van der Waals surface area contributed by atoms with Gasteiger partial charge in [0.15, 0.2) is 0 Å². The molecular weight excluding hydrogens is 423 g/mol. The molecule has 1 aromatic heterocycles. The summed E-state index contributed by atoms with van der Waals surface area (Å²) in [6.45, 7) is 0.644. The standard InChI is InChI=1S/C20H19ClF3N3O3/c1-30-15-6-5-13(21)11-14(15)19(29)27-9-7-12(8-10-27)18(28)26-17-4-2-3-16(25-17)20(22,23)24/h2-6,11-12H,7-10H2,1H3,(H,25,26,28). The highest BCUT2D eigenvalue weighted by atomic mass is 35.5. The minimum atomic E-state index is -4.59. The molecule has 30 heavy (non-hydrogen) atoms. The molecule has 0 saturated carbocycles. The summed E-state index contributed by atoms with van der Waals surface area (Å²) in [5, 5.41) is 2.84. The Bertz CT molecular complexity index is 944. The molecule has 1 aromatic carbocycles. The third kappa shape index (κ3) is 5.02. The first kappa shape index (κ1) is 21.9. The SMILES string of the molecule is COc1ccc(Cl)cc1C(=O)N1CCC(C(=O)Nc2cccc(C(F)(F)F)n2)CC1. The number of hydrogen-bond donors (Lipinski definition) is 1. The van der Waals surface area contributed by atoms with Gasteiger partial charge in [0.05, 0.1) is 12.7 Å². The fourth-order valence-corrected chi connectivity index (χ4v) is 3.43. The Morgan fingerprint density at radius 1 is 1.20 bits per heavy atom. The molecule has 10 heteroatoms. The average molecular weight is 442 g/mol. The van der Waals surface area contributed by atoms with E-state index in [1.807, 2.05) is 0 Å². The third-order valence-corrected chi connectivity index (χ3v) is 5.07. The number of alkyl halides is 3. The summed E-state index contributed by atoms with van der Waals surface area (Å²) >= 11 is 5.98. The summed E-state index contributed by atoms with van der Waals surface area (Å²) < 4.78 is 43.5. The number of ether oxygens (including phenoxy) is 1. The van der Waals surface area contributed by atoms with Crippen LogP contribution < -0.4 is 10.1 Å². The first-order valence-corrected chi connectivity index (χ1v) is 9.55. The number of nitrogens with zero attached hydrogens (tertiary/aromatic N) is 2. The number of anilines is 1. The zero-order valence-electron chi connectivity index (χ0n) is 16.0. The third-order valence-electron chi connectivity index (χ3n) is 4.84. The van der Waals surface area contributed by atoms with Crippen molar-refractivity contribution in [3.63, 3.8) is 0 Å². The number of rotatable bonds is 4. The second-order valence-electron chi connectivity index (χ2n) is 6.81. The van der Waals surface area contributed by atoms with Crippen LogP contribution in [0.2, 0.25) is 5.02 Å². The van der Waals surface area contributed by atoms with Gasteiger partial charge < -0.3 is 15.0 Å². The van der Waals surface area contributed by atoms with Crippen molar-refractivity contribution < 1.29 is 27.5 Å². The van der Waals surface area contributed by atoms with Gasteiger partial charge in [-0.2, -0.15) is 13.2 Å². The van der Waals surface area contributed by atoms with Crippen LogP contribution in [0, 0.1) is 5.92 Å². The van der Waals surface area contributed by atoms with Crippen LogP contribution in [0.1, 0.15) is 28.9 Å². The molecule has 1 saturated heterocycles. The average Bonchev–Trinajstić information content (AvgIpc) is 2.73. The maximum atomic E-state index is 12.8. The molecule has 0 aliphatic carbocycles. The molecule has 160 valence electrons. The first-order valence-electron chi connectivity index (χ1n) is 9.17. The lowest BCUT2D eigenvalue weighted by Crippen LogP contribution is -2.41. The van der Waals surface area contributed by atoms with Crippen LogP contribution in [0.15, 0.2) is 36.4 Å². The molecule has 0 unspecified atom stereocenters. The van der Waals surface area contributed by atoms with Gasteiger partial charge in [0, 0.05) is 24.0 Å². The predicted octanol–water partition coefficient (Wildman–Crippen LogP) is 4.25. The number of hydrogen-bond acceptors (Lipinski definition) is 4. The maximum absolute atomic E-state index is 12.8. The van der Waals surface area contributed by atoms with Gasteiger partial charge in [-0.3, -0.25) is 9.59 Å². The number of likely N-dealkylation sites (tertiary alicyclic amines) is 1. The number of amides is 2. The number of nitrogens with one attached hydrogen (secondary N) is 1. The Labute approximate surface area is 176 Å². The highest BCUT2D eigenvalue weighted by Crippen LogP contribution is 2.29. The first-order chi connectivity index (χ1) is 14.2. The van der Waals surface area contributed by atoms with E-state index < -0.39 is 23.7 Å². The van der Waals surface area contributed by atoms with E-state index in [4.69, 9.17) is 16.3 Å². The van der Waals surface area contributed by atoms with E-state index in [9.17, 15) is 22.8 Å². The zero-order valence-corrected chi connectivity index (χ0v) is 16.8. The summed E-state index contributed by atoms with van der Waals surface area (Å²) in [7, 11) is 1.46. The predicted molar refractivity (Wildman–Crippen MR) is 105 cm³/mol. The van der Waals surface area contributed by atoms with E-state index in [1.165, 1.54) is 25.3 Å². The van der Waals surface area contributed by atoms with E-state index in [-0.39, 0.29) is 11.7 Å². The molecule has 1 N–H and O–H groups in total. The number of halogens is 4. The lowest BCUT2D eigenvalue weighted by atomic mass is 9.95. The second kappa shape index (κ2) is 8.91. The number of piperidine rings is 1. The van der Waals surface area contributed by atoms with Crippen molar-refractivity contribution in [3.8, 4) is 5.75 Å². The van der Waals surface area contributed by atoms with Gasteiger partial charge in [-0.1, -0.05) is 17.7 Å². The van der Waals surface area contributed by atoms with Crippen molar-refractivity contribution in [2.45, 2.75) is 19.0 Å². The Morgan fingerprint density at radius 2 is 1.90 bits per heavy atom. The lowest BCUT2D eigenvalue weighted by Gasteiger charge is -2.31.